The minimum Gasteiger partial charge on any atom is -0.256 e. The number of rotatable bonds is 3. The smallest absolute Gasteiger partial charge is 0.0832 e. The van der Waals surface area contributed by atoms with Crippen molar-refractivity contribution in [1.29, 1.82) is 0 Å². The van der Waals surface area contributed by atoms with Gasteiger partial charge in [0.2, 0.25) is 0 Å². The van der Waals surface area contributed by atoms with Crippen molar-refractivity contribution in [2.45, 2.75) is 26.3 Å². The van der Waals surface area contributed by atoms with Crippen LogP contribution in [0.2, 0.25) is 5.02 Å². The van der Waals surface area contributed by atoms with Crippen molar-refractivity contribution in [2.75, 3.05) is 5.01 Å². The van der Waals surface area contributed by atoms with E-state index in [2.05, 4.69) is 83.3 Å². The molecule has 4 heteroatoms. The van der Waals surface area contributed by atoms with Crippen molar-refractivity contribution in [3.8, 4) is 0 Å². The Labute approximate surface area is 173 Å². The van der Waals surface area contributed by atoms with Crippen LogP contribution < -0.4 is 5.01 Å². The fourth-order valence-corrected chi connectivity index (χ4v) is 4.19. The fraction of sp³-hybridized carbons (Fsp3) is 0.174. The summed E-state index contributed by atoms with van der Waals surface area (Å²) < 4.78 is 1.06. The lowest BCUT2D eigenvalue weighted by Gasteiger charge is -2.26. The molecule has 3 aromatic rings. The van der Waals surface area contributed by atoms with E-state index in [1.165, 1.54) is 22.3 Å². The van der Waals surface area contributed by atoms with E-state index in [0.29, 0.717) is 0 Å². The SMILES string of the molecule is Cc1cc(Br)c(N2N=C(c3ccccc3)CC2c2ccc(Cl)cc2)cc1C. The van der Waals surface area contributed by atoms with E-state index in [9.17, 15) is 0 Å². The molecule has 0 N–H and O–H groups in total. The summed E-state index contributed by atoms with van der Waals surface area (Å²) in [5.74, 6) is 0. The summed E-state index contributed by atoms with van der Waals surface area (Å²) in [5, 5.41) is 7.92. The predicted molar refractivity (Wildman–Crippen MR) is 118 cm³/mol. The Morgan fingerprint density at radius 2 is 1.63 bits per heavy atom. The number of hydrogen-bond donors (Lipinski definition) is 0. The van der Waals surface area contributed by atoms with Crippen LogP contribution in [0.1, 0.15) is 34.7 Å². The van der Waals surface area contributed by atoms with Crippen molar-refractivity contribution >= 4 is 38.9 Å². The van der Waals surface area contributed by atoms with Gasteiger partial charge in [-0.25, -0.2) is 0 Å². The first-order valence-electron chi connectivity index (χ1n) is 8.97. The number of aryl methyl sites for hydroxylation is 2. The Hall–Kier alpha value is -2.10. The number of benzene rings is 3. The van der Waals surface area contributed by atoms with Crippen molar-refractivity contribution in [3.63, 3.8) is 0 Å². The minimum atomic E-state index is 0.135. The van der Waals surface area contributed by atoms with Gasteiger partial charge in [-0.15, -0.1) is 0 Å². The molecule has 3 aromatic carbocycles. The van der Waals surface area contributed by atoms with Gasteiger partial charge in [0, 0.05) is 15.9 Å². The first kappa shape index (κ1) is 18.3. The monoisotopic (exact) mass is 438 g/mol. The van der Waals surface area contributed by atoms with Crippen LogP contribution in [0.3, 0.4) is 0 Å². The van der Waals surface area contributed by atoms with Gasteiger partial charge >= 0.3 is 0 Å². The highest BCUT2D eigenvalue weighted by atomic mass is 79.9. The van der Waals surface area contributed by atoms with Gasteiger partial charge in [0.1, 0.15) is 0 Å². The van der Waals surface area contributed by atoms with E-state index in [1.54, 1.807) is 0 Å². The highest BCUT2D eigenvalue weighted by molar-refractivity contribution is 9.10. The number of nitrogens with zero attached hydrogens (tertiary/aromatic N) is 2. The first-order chi connectivity index (χ1) is 13.0. The lowest BCUT2D eigenvalue weighted by Crippen LogP contribution is -2.19. The molecule has 0 aliphatic carbocycles. The van der Waals surface area contributed by atoms with E-state index in [1.807, 2.05) is 18.2 Å². The molecule has 1 unspecified atom stereocenters. The highest BCUT2D eigenvalue weighted by Gasteiger charge is 2.31. The number of hydrazone groups is 1. The summed E-state index contributed by atoms with van der Waals surface area (Å²) in [5.41, 5.74) is 7.08. The normalized spacial score (nSPS) is 16.5. The third-order valence-corrected chi connectivity index (χ3v) is 5.97. The zero-order valence-corrected chi connectivity index (χ0v) is 17.6. The van der Waals surface area contributed by atoms with Crippen LogP contribution in [-0.4, -0.2) is 5.71 Å². The van der Waals surface area contributed by atoms with Crippen LogP contribution in [0.25, 0.3) is 0 Å². The second kappa shape index (κ2) is 7.49. The van der Waals surface area contributed by atoms with Crippen LogP contribution in [0.4, 0.5) is 5.69 Å². The van der Waals surface area contributed by atoms with Crippen LogP contribution in [0.5, 0.6) is 0 Å². The van der Waals surface area contributed by atoms with Gasteiger partial charge in [0.15, 0.2) is 0 Å². The third-order valence-electron chi connectivity index (χ3n) is 5.08. The van der Waals surface area contributed by atoms with Gasteiger partial charge in [-0.1, -0.05) is 54.1 Å². The molecule has 0 amide bonds. The number of halogens is 2. The van der Waals surface area contributed by atoms with E-state index in [4.69, 9.17) is 16.7 Å². The fourth-order valence-electron chi connectivity index (χ4n) is 3.42. The Morgan fingerprint density at radius 1 is 0.963 bits per heavy atom. The van der Waals surface area contributed by atoms with Crippen LogP contribution in [0, 0.1) is 13.8 Å². The van der Waals surface area contributed by atoms with E-state index in [-0.39, 0.29) is 6.04 Å². The Bertz CT molecular complexity index is 997. The third kappa shape index (κ3) is 3.67. The average Bonchev–Trinajstić information content (AvgIpc) is 3.11. The topological polar surface area (TPSA) is 15.6 Å². The summed E-state index contributed by atoms with van der Waals surface area (Å²) in [6.07, 6.45) is 0.852. The molecule has 0 fully saturated rings. The molecule has 1 aliphatic rings. The van der Waals surface area contributed by atoms with Crippen molar-refractivity contribution in [2.24, 2.45) is 5.10 Å². The molecule has 2 nitrogen and oxygen atoms in total. The molecule has 1 heterocycles. The molecule has 136 valence electrons. The van der Waals surface area contributed by atoms with Gasteiger partial charge < -0.3 is 0 Å². The molecular weight excluding hydrogens is 420 g/mol. The van der Waals surface area contributed by atoms with Gasteiger partial charge in [-0.3, -0.25) is 5.01 Å². The second-order valence-electron chi connectivity index (χ2n) is 6.92. The molecular formula is C23H20BrClN2. The highest BCUT2D eigenvalue weighted by Crippen LogP contribution is 2.41. The molecule has 0 aromatic heterocycles. The molecule has 1 atom stereocenters. The minimum absolute atomic E-state index is 0.135. The van der Waals surface area contributed by atoms with Crippen molar-refractivity contribution < 1.29 is 0 Å². The lowest BCUT2D eigenvalue weighted by molar-refractivity contribution is 0.707. The zero-order chi connectivity index (χ0) is 19.0. The van der Waals surface area contributed by atoms with E-state index < -0.39 is 0 Å². The summed E-state index contributed by atoms with van der Waals surface area (Å²) >= 11 is 9.86. The second-order valence-corrected chi connectivity index (χ2v) is 8.21. The van der Waals surface area contributed by atoms with Gasteiger partial charge in [-0.05, 0) is 76.3 Å². The molecule has 0 radical (unpaired) electrons. The maximum Gasteiger partial charge on any atom is 0.0832 e. The Morgan fingerprint density at radius 3 is 2.33 bits per heavy atom. The summed E-state index contributed by atoms with van der Waals surface area (Å²) in [6.45, 7) is 4.27. The van der Waals surface area contributed by atoms with Gasteiger partial charge in [0.05, 0.1) is 17.4 Å². The lowest BCUT2D eigenvalue weighted by atomic mass is 9.98. The van der Waals surface area contributed by atoms with E-state index in [0.717, 1.165) is 27.3 Å². The van der Waals surface area contributed by atoms with Crippen molar-refractivity contribution in [1.82, 2.24) is 0 Å². The molecule has 0 saturated carbocycles. The quantitative estimate of drug-likeness (QED) is 0.426. The molecule has 0 bridgehead atoms. The zero-order valence-electron chi connectivity index (χ0n) is 15.3. The maximum absolute atomic E-state index is 6.11. The van der Waals surface area contributed by atoms with Crippen molar-refractivity contribution in [3.05, 3.63) is 98.5 Å². The van der Waals surface area contributed by atoms with Gasteiger partial charge in [-0.2, -0.15) is 5.10 Å². The van der Waals surface area contributed by atoms with Crippen LogP contribution in [0.15, 0.2) is 76.3 Å². The molecule has 27 heavy (non-hydrogen) atoms. The number of hydrogen-bond acceptors (Lipinski definition) is 2. The Balaban J connectivity index is 1.81. The summed E-state index contributed by atoms with van der Waals surface area (Å²) in [7, 11) is 0. The molecule has 4 rings (SSSR count). The molecule has 0 saturated heterocycles. The molecule has 1 aliphatic heterocycles. The average molecular weight is 440 g/mol. The van der Waals surface area contributed by atoms with E-state index >= 15 is 0 Å². The first-order valence-corrected chi connectivity index (χ1v) is 10.1. The standard InChI is InChI=1S/C23H20BrClN2/c1-15-12-20(24)23(13-16(15)2)27-22(18-8-10-19(25)11-9-18)14-21(26-27)17-6-4-3-5-7-17/h3-13,22H,14H2,1-2H3. The largest absolute Gasteiger partial charge is 0.256 e. The molecule has 0 spiro atoms. The summed E-state index contributed by atoms with van der Waals surface area (Å²) in [6, 6.07) is 23.0. The Kier molecular flexibility index (Phi) is 5.07. The predicted octanol–water partition coefficient (Wildman–Crippen LogP) is 7.08. The van der Waals surface area contributed by atoms with Gasteiger partial charge in [0.25, 0.3) is 0 Å². The summed E-state index contributed by atoms with van der Waals surface area (Å²) in [4.78, 5) is 0. The number of anilines is 1. The van der Waals surface area contributed by atoms with Crippen LogP contribution in [-0.2, 0) is 0 Å². The van der Waals surface area contributed by atoms with Crippen LogP contribution >= 0.6 is 27.5 Å². The maximum atomic E-state index is 6.11.